The summed E-state index contributed by atoms with van der Waals surface area (Å²) in [7, 11) is 0. The molecule has 412 valence electrons. The second-order valence-electron chi connectivity index (χ2n) is 30.5. The molecule has 0 atom stereocenters. The van der Waals surface area contributed by atoms with Gasteiger partial charge in [0.25, 0.3) is 6.71 Å². The lowest BCUT2D eigenvalue weighted by molar-refractivity contribution is 0.332. The fourth-order valence-electron chi connectivity index (χ4n) is 14.4. The van der Waals surface area contributed by atoms with Crippen molar-refractivity contribution in [2.75, 3.05) is 14.7 Å². The van der Waals surface area contributed by atoms with Crippen molar-refractivity contribution in [3.63, 3.8) is 0 Å². The van der Waals surface area contributed by atoms with Crippen molar-refractivity contribution in [1.82, 2.24) is 0 Å². The predicted octanol–water partition coefficient (Wildman–Crippen LogP) is 19.7. The molecule has 3 heterocycles. The van der Waals surface area contributed by atoms with E-state index in [1.807, 2.05) is 0 Å². The summed E-state index contributed by atoms with van der Waals surface area (Å²) in [5.41, 5.74) is 26.4. The van der Waals surface area contributed by atoms with E-state index in [0.717, 1.165) is 64.0 Å². The van der Waals surface area contributed by atoms with Gasteiger partial charge in [0, 0.05) is 62.0 Å². The molecule has 4 nitrogen and oxygen atoms in total. The summed E-state index contributed by atoms with van der Waals surface area (Å²) >= 11 is 0. The summed E-state index contributed by atoms with van der Waals surface area (Å²) < 4.78 is 6.58. The molecule has 0 fully saturated rings. The quantitative estimate of drug-likeness (QED) is 0.160. The second-order valence-corrected chi connectivity index (χ2v) is 30.5. The first-order valence-electron chi connectivity index (χ1n) is 30.2. The van der Waals surface area contributed by atoms with Crippen LogP contribution in [0, 0.1) is 0 Å². The molecule has 0 saturated heterocycles. The van der Waals surface area contributed by atoms with E-state index in [2.05, 4.69) is 284 Å². The Hall–Kier alpha value is -6.98. The fraction of sp³-hybridized carbons (Fsp3) is 0.368. The number of nitrogens with zero attached hydrogens (tertiary/aromatic N) is 3. The Morgan fingerprint density at radius 2 is 0.840 bits per heavy atom. The van der Waals surface area contributed by atoms with E-state index < -0.39 is 0 Å². The molecular weight excluding hydrogens is 982 g/mol. The standard InChI is InChI=1S/C76H84BN3O/c1-70(2,3)47-22-26-50(27-23-47)78(51-28-24-48(25-29-51)71(4,5)6)54-31-34-61-63(44-54)79(52-32-35-68-56(42-52)55-20-18-19-21-67(55)81-68)65-40-49(72(7,8)9)41-66-69(65)77(61)62-45-59-60(76(16,17)39-38-75(59,14)15)46-64(62)80(66)53-30-33-57-58(43-53)74(12,13)37-36-73(57,10)11/h18-35,40-46H,36-39H2,1-17H3. The minimum atomic E-state index is -0.176. The lowest BCUT2D eigenvalue weighted by Crippen LogP contribution is -2.62. The van der Waals surface area contributed by atoms with Crippen LogP contribution in [0.5, 0.6) is 0 Å². The van der Waals surface area contributed by atoms with Crippen LogP contribution in [0.3, 0.4) is 0 Å². The van der Waals surface area contributed by atoms with Gasteiger partial charge in [0.2, 0.25) is 0 Å². The van der Waals surface area contributed by atoms with Crippen LogP contribution in [-0.4, -0.2) is 6.71 Å². The molecule has 0 radical (unpaired) electrons. The van der Waals surface area contributed by atoms with Crippen molar-refractivity contribution in [1.29, 1.82) is 0 Å². The highest BCUT2D eigenvalue weighted by Gasteiger charge is 2.48. The zero-order chi connectivity index (χ0) is 57.3. The van der Waals surface area contributed by atoms with Gasteiger partial charge in [-0.25, -0.2) is 0 Å². The van der Waals surface area contributed by atoms with Gasteiger partial charge in [0.05, 0.1) is 0 Å². The molecule has 4 aliphatic rings. The number of hydrogen-bond donors (Lipinski definition) is 0. The lowest BCUT2D eigenvalue weighted by Gasteiger charge is -2.48. The molecule has 0 N–H and O–H groups in total. The number of furan rings is 1. The van der Waals surface area contributed by atoms with Crippen LogP contribution in [0.1, 0.15) is 182 Å². The maximum atomic E-state index is 6.58. The minimum absolute atomic E-state index is 0.00703. The molecule has 2 aliphatic carbocycles. The summed E-state index contributed by atoms with van der Waals surface area (Å²) in [5.74, 6) is 0. The third kappa shape index (κ3) is 8.60. The van der Waals surface area contributed by atoms with E-state index in [1.165, 1.54) is 90.2 Å². The van der Waals surface area contributed by atoms with Crippen LogP contribution in [-0.2, 0) is 37.9 Å². The maximum Gasteiger partial charge on any atom is 0.252 e. The molecular formula is C76H84BN3O. The maximum absolute atomic E-state index is 6.58. The summed E-state index contributed by atoms with van der Waals surface area (Å²) in [6, 6.07) is 59.5. The molecule has 13 rings (SSSR count). The van der Waals surface area contributed by atoms with Crippen molar-refractivity contribution >= 4 is 96.2 Å². The average Bonchev–Trinajstić information content (AvgIpc) is 1.71. The number of para-hydroxylation sites is 1. The Morgan fingerprint density at radius 3 is 1.40 bits per heavy atom. The molecule has 81 heavy (non-hydrogen) atoms. The third-order valence-corrected chi connectivity index (χ3v) is 19.8. The molecule has 0 amide bonds. The molecule has 1 aromatic heterocycles. The highest BCUT2D eigenvalue weighted by Crippen LogP contribution is 2.54. The van der Waals surface area contributed by atoms with Gasteiger partial charge in [-0.15, -0.1) is 0 Å². The SMILES string of the molecule is CC(C)(C)c1ccc(N(c2ccc(C(C)(C)C)cc2)c2ccc3c(c2)N(c2ccc4oc5ccccc5c4c2)c2cc(C(C)(C)C)cc4c2B3c2cc3c(cc2N4c2ccc4c(c2)C(C)(C)CCC4(C)C)C(C)(C)CCC3(C)C)cc1. The van der Waals surface area contributed by atoms with E-state index in [1.54, 1.807) is 0 Å². The Kier molecular flexibility index (Phi) is 11.7. The van der Waals surface area contributed by atoms with E-state index in [9.17, 15) is 0 Å². The van der Waals surface area contributed by atoms with Crippen LogP contribution in [0.2, 0.25) is 0 Å². The van der Waals surface area contributed by atoms with Crippen molar-refractivity contribution in [2.45, 2.75) is 181 Å². The largest absolute Gasteiger partial charge is 0.456 e. The zero-order valence-corrected chi connectivity index (χ0v) is 51.6. The van der Waals surface area contributed by atoms with Crippen molar-refractivity contribution in [3.8, 4) is 0 Å². The van der Waals surface area contributed by atoms with E-state index in [4.69, 9.17) is 4.42 Å². The van der Waals surface area contributed by atoms with Gasteiger partial charge in [0.1, 0.15) is 11.2 Å². The van der Waals surface area contributed by atoms with Gasteiger partial charge in [-0.1, -0.05) is 178 Å². The molecule has 5 heteroatoms. The van der Waals surface area contributed by atoms with Crippen LogP contribution in [0.4, 0.5) is 51.2 Å². The third-order valence-electron chi connectivity index (χ3n) is 19.8. The Labute approximate surface area is 484 Å². The van der Waals surface area contributed by atoms with Gasteiger partial charge in [-0.3, -0.25) is 0 Å². The normalized spacial score (nSPS) is 17.6. The molecule has 0 unspecified atom stereocenters. The van der Waals surface area contributed by atoms with E-state index in [0.29, 0.717) is 0 Å². The topological polar surface area (TPSA) is 22.9 Å². The smallest absolute Gasteiger partial charge is 0.252 e. The molecule has 8 aromatic carbocycles. The number of rotatable bonds is 5. The Bertz CT molecular complexity index is 3960. The first-order valence-corrected chi connectivity index (χ1v) is 30.2. The van der Waals surface area contributed by atoms with Crippen molar-refractivity contribution < 1.29 is 4.42 Å². The van der Waals surface area contributed by atoms with Crippen molar-refractivity contribution in [3.05, 3.63) is 191 Å². The fourth-order valence-corrected chi connectivity index (χ4v) is 14.4. The Morgan fingerprint density at radius 1 is 0.383 bits per heavy atom. The van der Waals surface area contributed by atoms with Gasteiger partial charge in [-0.2, -0.15) is 0 Å². The zero-order valence-electron chi connectivity index (χ0n) is 51.6. The van der Waals surface area contributed by atoms with Gasteiger partial charge in [-0.05, 0) is 210 Å². The Balaban J connectivity index is 1.14. The molecule has 0 bridgehead atoms. The molecule has 2 aliphatic heterocycles. The lowest BCUT2D eigenvalue weighted by atomic mass is 9.33. The van der Waals surface area contributed by atoms with E-state index in [-0.39, 0.29) is 44.6 Å². The summed E-state index contributed by atoms with van der Waals surface area (Å²) in [5, 5.41) is 2.24. The highest BCUT2D eigenvalue weighted by molar-refractivity contribution is 7.00. The highest BCUT2D eigenvalue weighted by atomic mass is 16.3. The number of anilines is 9. The predicted molar refractivity (Wildman–Crippen MR) is 349 cm³/mol. The molecule has 0 spiro atoms. The van der Waals surface area contributed by atoms with Gasteiger partial charge in [0.15, 0.2) is 0 Å². The monoisotopic (exact) mass is 1070 g/mol. The number of benzene rings is 8. The van der Waals surface area contributed by atoms with Gasteiger partial charge >= 0.3 is 0 Å². The first kappa shape index (κ1) is 53.3. The minimum Gasteiger partial charge on any atom is -0.456 e. The average molecular weight is 1070 g/mol. The van der Waals surface area contributed by atoms with Crippen LogP contribution >= 0.6 is 0 Å². The number of hydrogen-bond acceptors (Lipinski definition) is 4. The summed E-state index contributed by atoms with van der Waals surface area (Å²) in [6.07, 6.45) is 4.64. The van der Waals surface area contributed by atoms with E-state index >= 15 is 0 Å². The first-order chi connectivity index (χ1) is 38.0. The van der Waals surface area contributed by atoms with Crippen LogP contribution < -0.4 is 31.1 Å². The molecule has 0 saturated carbocycles. The summed E-state index contributed by atoms with van der Waals surface area (Å²) in [4.78, 5) is 7.82. The number of fused-ring (bicyclic) bond motifs is 9. The van der Waals surface area contributed by atoms with Gasteiger partial charge < -0.3 is 19.1 Å². The molecule has 9 aromatic rings. The summed E-state index contributed by atoms with van der Waals surface area (Å²) in [6.45, 7) is 40.7. The second kappa shape index (κ2) is 17.8. The van der Waals surface area contributed by atoms with Crippen molar-refractivity contribution in [2.24, 2.45) is 0 Å². The van der Waals surface area contributed by atoms with Crippen LogP contribution in [0.25, 0.3) is 21.9 Å². The van der Waals surface area contributed by atoms with Crippen LogP contribution in [0.15, 0.2) is 156 Å².